The standard InChI is InChI=1S/C43H82O6/c1-5-7-9-11-13-15-16-18-23-27-31-35-42(45)48-38-40(37-47-41(44)34-30-26-22-17-14-12-10-8-6-2)49-43(46)36-32-28-24-20-19-21-25-29-33-39(3)4/h39-40H,5-38H2,1-4H3/t40-/m0/s1. The van der Waals surface area contributed by atoms with Gasteiger partial charge in [0.2, 0.25) is 0 Å². The van der Waals surface area contributed by atoms with Gasteiger partial charge in [0.1, 0.15) is 13.2 Å². The zero-order valence-electron chi connectivity index (χ0n) is 33.1. The summed E-state index contributed by atoms with van der Waals surface area (Å²) in [6.07, 6.45) is 35.2. The van der Waals surface area contributed by atoms with Crippen LogP contribution in [0.15, 0.2) is 0 Å². The van der Waals surface area contributed by atoms with Gasteiger partial charge in [0.05, 0.1) is 0 Å². The maximum absolute atomic E-state index is 12.6. The van der Waals surface area contributed by atoms with Gasteiger partial charge in [0.25, 0.3) is 0 Å². The smallest absolute Gasteiger partial charge is 0.306 e. The SMILES string of the molecule is CCCCCCCCCCCCCC(=O)OC[C@H](COC(=O)CCCCCCCCCCC)OC(=O)CCCCCCCCCCC(C)C. The van der Waals surface area contributed by atoms with Gasteiger partial charge in [-0.05, 0) is 25.2 Å². The second-order valence-electron chi connectivity index (χ2n) is 15.1. The Morgan fingerprint density at radius 3 is 1.00 bits per heavy atom. The first-order valence-corrected chi connectivity index (χ1v) is 21.4. The maximum Gasteiger partial charge on any atom is 0.306 e. The van der Waals surface area contributed by atoms with Crippen molar-refractivity contribution < 1.29 is 28.6 Å². The van der Waals surface area contributed by atoms with Crippen molar-refractivity contribution in [2.75, 3.05) is 13.2 Å². The normalized spacial score (nSPS) is 11.9. The van der Waals surface area contributed by atoms with Crippen molar-refractivity contribution in [3.63, 3.8) is 0 Å². The van der Waals surface area contributed by atoms with Crippen LogP contribution < -0.4 is 0 Å². The van der Waals surface area contributed by atoms with E-state index in [4.69, 9.17) is 14.2 Å². The van der Waals surface area contributed by atoms with Crippen LogP contribution in [0.3, 0.4) is 0 Å². The van der Waals surface area contributed by atoms with Gasteiger partial charge >= 0.3 is 17.9 Å². The van der Waals surface area contributed by atoms with E-state index in [1.807, 2.05) is 0 Å². The van der Waals surface area contributed by atoms with Crippen molar-refractivity contribution in [1.29, 1.82) is 0 Å². The largest absolute Gasteiger partial charge is 0.462 e. The highest BCUT2D eigenvalue weighted by molar-refractivity contribution is 5.71. The number of esters is 3. The zero-order valence-corrected chi connectivity index (χ0v) is 33.1. The summed E-state index contributed by atoms with van der Waals surface area (Å²) >= 11 is 0. The van der Waals surface area contributed by atoms with Gasteiger partial charge in [-0.3, -0.25) is 14.4 Å². The number of carbonyl (C=O) groups excluding carboxylic acids is 3. The second kappa shape index (κ2) is 37.7. The molecule has 0 aromatic rings. The Morgan fingerprint density at radius 2 is 0.673 bits per heavy atom. The van der Waals surface area contributed by atoms with Gasteiger partial charge in [-0.15, -0.1) is 0 Å². The van der Waals surface area contributed by atoms with E-state index in [0.717, 1.165) is 63.7 Å². The van der Waals surface area contributed by atoms with Crippen molar-refractivity contribution in [3.05, 3.63) is 0 Å². The molecule has 0 aliphatic carbocycles. The van der Waals surface area contributed by atoms with Crippen molar-refractivity contribution in [2.45, 2.75) is 239 Å². The first-order chi connectivity index (χ1) is 23.9. The molecule has 0 aromatic heterocycles. The molecule has 0 aliphatic heterocycles. The van der Waals surface area contributed by atoms with Crippen LogP contribution in [0.1, 0.15) is 233 Å². The average molecular weight is 695 g/mol. The molecule has 0 saturated heterocycles. The molecule has 1 atom stereocenters. The number of hydrogen-bond donors (Lipinski definition) is 0. The Hall–Kier alpha value is -1.59. The summed E-state index contributed by atoms with van der Waals surface area (Å²) in [5.74, 6) is -0.0695. The fraction of sp³-hybridized carbons (Fsp3) is 0.930. The lowest BCUT2D eigenvalue weighted by atomic mass is 10.0. The molecular weight excluding hydrogens is 612 g/mol. The molecule has 6 nitrogen and oxygen atoms in total. The lowest BCUT2D eigenvalue weighted by Crippen LogP contribution is -2.30. The minimum atomic E-state index is -0.758. The van der Waals surface area contributed by atoms with Crippen LogP contribution in [0.5, 0.6) is 0 Å². The third-order valence-electron chi connectivity index (χ3n) is 9.54. The molecule has 6 heteroatoms. The summed E-state index contributed by atoms with van der Waals surface area (Å²) in [6.45, 7) is 8.92. The van der Waals surface area contributed by atoms with E-state index in [2.05, 4.69) is 27.7 Å². The molecule has 0 fully saturated rings. The van der Waals surface area contributed by atoms with Crippen molar-refractivity contribution in [3.8, 4) is 0 Å². The molecule has 0 N–H and O–H groups in total. The molecule has 0 amide bonds. The summed E-state index contributed by atoms with van der Waals surface area (Å²) in [5, 5.41) is 0. The van der Waals surface area contributed by atoms with E-state index in [9.17, 15) is 14.4 Å². The molecule has 49 heavy (non-hydrogen) atoms. The van der Waals surface area contributed by atoms with Crippen molar-refractivity contribution in [1.82, 2.24) is 0 Å². The molecule has 0 aliphatic rings. The average Bonchev–Trinajstić information content (AvgIpc) is 3.08. The van der Waals surface area contributed by atoms with Crippen LogP contribution in [0.2, 0.25) is 0 Å². The predicted molar refractivity (Wildman–Crippen MR) is 206 cm³/mol. The molecule has 0 rings (SSSR count). The number of carbonyl (C=O) groups is 3. The zero-order chi connectivity index (χ0) is 36.0. The predicted octanol–water partition coefficient (Wildman–Crippen LogP) is 13.2. The fourth-order valence-corrected chi connectivity index (χ4v) is 6.27. The summed E-state index contributed by atoms with van der Waals surface area (Å²) in [7, 11) is 0. The Kier molecular flexibility index (Phi) is 36.4. The van der Waals surface area contributed by atoms with Crippen LogP contribution in [0, 0.1) is 5.92 Å². The first-order valence-electron chi connectivity index (χ1n) is 21.4. The van der Waals surface area contributed by atoms with Crippen LogP contribution >= 0.6 is 0 Å². The van der Waals surface area contributed by atoms with Crippen LogP contribution in [-0.2, 0) is 28.6 Å². The van der Waals surface area contributed by atoms with Gasteiger partial charge in [-0.2, -0.15) is 0 Å². The van der Waals surface area contributed by atoms with E-state index >= 15 is 0 Å². The summed E-state index contributed by atoms with van der Waals surface area (Å²) in [5.41, 5.74) is 0. The highest BCUT2D eigenvalue weighted by Gasteiger charge is 2.19. The molecular formula is C43H82O6. The van der Waals surface area contributed by atoms with Crippen molar-refractivity contribution in [2.24, 2.45) is 5.92 Å². The van der Waals surface area contributed by atoms with E-state index in [1.54, 1.807) is 0 Å². The highest BCUT2D eigenvalue weighted by Crippen LogP contribution is 2.15. The van der Waals surface area contributed by atoms with Crippen LogP contribution in [0.4, 0.5) is 0 Å². The number of ether oxygens (including phenoxy) is 3. The molecule has 0 spiro atoms. The van der Waals surface area contributed by atoms with Crippen molar-refractivity contribution >= 4 is 17.9 Å². The summed E-state index contributed by atoms with van der Waals surface area (Å²) in [4.78, 5) is 37.5. The van der Waals surface area contributed by atoms with E-state index in [0.29, 0.717) is 19.3 Å². The second-order valence-corrected chi connectivity index (χ2v) is 15.1. The van der Waals surface area contributed by atoms with Crippen LogP contribution in [-0.4, -0.2) is 37.2 Å². The van der Waals surface area contributed by atoms with Crippen LogP contribution in [0.25, 0.3) is 0 Å². The molecule has 0 unspecified atom stereocenters. The van der Waals surface area contributed by atoms with Gasteiger partial charge in [0, 0.05) is 19.3 Å². The quantitative estimate of drug-likeness (QED) is 0.0364. The lowest BCUT2D eigenvalue weighted by Gasteiger charge is -2.18. The van der Waals surface area contributed by atoms with Gasteiger partial charge in [-0.1, -0.05) is 195 Å². The monoisotopic (exact) mass is 695 g/mol. The van der Waals surface area contributed by atoms with E-state index in [1.165, 1.54) is 128 Å². The molecule has 0 heterocycles. The fourth-order valence-electron chi connectivity index (χ4n) is 6.27. The first kappa shape index (κ1) is 47.4. The Labute approximate surface area is 304 Å². The number of hydrogen-bond acceptors (Lipinski definition) is 6. The number of unbranched alkanes of at least 4 members (excludes halogenated alkanes) is 25. The minimum Gasteiger partial charge on any atom is -0.462 e. The van der Waals surface area contributed by atoms with Gasteiger partial charge < -0.3 is 14.2 Å². The number of rotatable bonds is 38. The Balaban J connectivity index is 4.34. The highest BCUT2D eigenvalue weighted by atomic mass is 16.6. The minimum absolute atomic E-state index is 0.0648. The molecule has 0 saturated carbocycles. The van der Waals surface area contributed by atoms with Gasteiger partial charge in [0.15, 0.2) is 6.10 Å². The lowest BCUT2D eigenvalue weighted by molar-refractivity contribution is -0.167. The Morgan fingerprint density at radius 1 is 0.388 bits per heavy atom. The Bertz CT molecular complexity index is 736. The van der Waals surface area contributed by atoms with E-state index in [-0.39, 0.29) is 31.1 Å². The summed E-state index contributed by atoms with van der Waals surface area (Å²) < 4.78 is 16.6. The van der Waals surface area contributed by atoms with E-state index < -0.39 is 6.10 Å². The topological polar surface area (TPSA) is 78.9 Å². The maximum atomic E-state index is 12.6. The molecule has 0 bridgehead atoms. The summed E-state index contributed by atoms with van der Waals surface area (Å²) in [6, 6.07) is 0. The third-order valence-corrected chi connectivity index (χ3v) is 9.54. The molecule has 0 radical (unpaired) electrons. The third kappa shape index (κ3) is 37.5. The van der Waals surface area contributed by atoms with Gasteiger partial charge in [-0.25, -0.2) is 0 Å². The molecule has 0 aromatic carbocycles. The molecule has 290 valence electrons.